The first-order valence-corrected chi connectivity index (χ1v) is 5.23. The van der Waals surface area contributed by atoms with E-state index in [0.717, 1.165) is 12.1 Å². The van der Waals surface area contributed by atoms with Crippen molar-refractivity contribution in [3.8, 4) is 0 Å². The van der Waals surface area contributed by atoms with Gasteiger partial charge in [0.15, 0.2) is 0 Å². The molecular weight excluding hydrogens is 188 g/mol. The number of aliphatic hydroxyl groups is 1. The maximum absolute atomic E-state index is 10.1. The molecule has 0 heterocycles. The highest BCUT2D eigenvalue weighted by Crippen LogP contribution is 2.21. The highest BCUT2D eigenvalue weighted by atomic mass is 16.3. The largest absolute Gasteiger partial charge is 0.388 e. The molecule has 0 radical (unpaired) electrons. The fraction of sp³-hybridized carbons (Fsp3) is 0.500. The molecule has 1 aromatic rings. The van der Waals surface area contributed by atoms with Gasteiger partial charge in [-0.1, -0.05) is 30.3 Å². The normalized spacial score (nSPS) is 15.3. The predicted molar refractivity (Wildman–Crippen MR) is 62.5 cm³/mol. The minimum absolute atomic E-state index is 0.0856. The van der Waals surface area contributed by atoms with E-state index in [4.69, 9.17) is 5.73 Å². The molecule has 0 aliphatic rings. The van der Waals surface area contributed by atoms with Crippen LogP contribution in [0.4, 0.5) is 0 Å². The quantitative estimate of drug-likeness (QED) is 0.754. The molecule has 3 heteroatoms. The van der Waals surface area contributed by atoms with Gasteiger partial charge in [0.2, 0.25) is 0 Å². The molecule has 0 saturated heterocycles. The molecule has 0 amide bonds. The van der Waals surface area contributed by atoms with Crippen LogP contribution in [0.2, 0.25) is 0 Å². The van der Waals surface area contributed by atoms with Crippen molar-refractivity contribution < 1.29 is 5.11 Å². The summed E-state index contributed by atoms with van der Waals surface area (Å²) in [4.78, 5) is 2.05. The summed E-state index contributed by atoms with van der Waals surface area (Å²) in [5.41, 5.74) is 6.61. The third kappa shape index (κ3) is 3.63. The molecule has 0 bridgehead atoms. The Morgan fingerprint density at radius 2 is 1.87 bits per heavy atom. The molecule has 0 spiro atoms. The molecule has 0 aromatic heterocycles. The molecule has 15 heavy (non-hydrogen) atoms. The molecule has 84 valence electrons. The lowest BCUT2D eigenvalue weighted by Crippen LogP contribution is -2.32. The predicted octanol–water partition coefficient (Wildman–Crippen LogP) is 0.857. The smallest absolute Gasteiger partial charge is 0.0842 e. The molecule has 0 aliphatic heterocycles. The van der Waals surface area contributed by atoms with E-state index in [0.29, 0.717) is 6.54 Å². The van der Waals surface area contributed by atoms with Gasteiger partial charge < -0.3 is 15.7 Å². The fourth-order valence-corrected chi connectivity index (χ4v) is 1.69. The zero-order valence-electron chi connectivity index (χ0n) is 9.43. The Morgan fingerprint density at radius 1 is 1.27 bits per heavy atom. The number of nitrogens with two attached hydrogens (primary N) is 1. The molecule has 0 unspecified atom stereocenters. The van der Waals surface area contributed by atoms with Crippen LogP contribution in [0.1, 0.15) is 11.7 Å². The van der Waals surface area contributed by atoms with Gasteiger partial charge in [-0.05, 0) is 26.2 Å². The van der Waals surface area contributed by atoms with Crippen molar-refractivity contribution >= 4 is 0 Å². The first kappa shape index (κ1) is 12.2. The Morgan fingerprint density at radius 3 is 2.33 bits per heavy atom. The zero-order valence-corrected chi connectivity index (χ0v) is 9.43. The number of nitrogens with zero attached hydrogens (tertiary/aromatic N) is 1. The third-order valence-corrected chi connectivity index (χ3v) is 2.49. The Labute approximate surface area is 91.5 Å². The minimum Gasteiger partial charge on any atom is -0.388 e. The second-order valence-corrected chi connectivity index (χ2v) is 4.11. The Bertz CT molecular complexity index is 274. The van der Waals surface area contributed by atoms with Gasteiger partial charge in [-0.2, -0.15) is 0 Å². The van der Waals surface area contributed by atoms with Crippen LogP contribution in [0.15, 0.2) is 30.3 Å². The summed E-state index contributed by atoms with van der Waals surface area (Å²) in [5, 5.41) is 10.1. The molecule has 3 N–H and O–H groups in total. The van der Waals surface area contributed by atoms with Crippen LogP contribution in [0.25, 0.3) is 0 Å². The number of rotatable bonds is 5. The summed E-state index contributed by atoms with van der Waals surface area (Å²) in [6.07, 6.45) is -0.474. The molecule has 0 aliphatic carbocycles. The van der Waals surface area contributed by atoms with E-state index >= 15 is 0 Å². The average molecular weight is 208 g/mol. The summed E-state index contributed by atoms with van der Waals surface area (Å²) in [5.74, 6) is 0.0856. The highest BCUT2D eigenvalue weighted by Gasteiger charge is 2.19. The SMILES string of the molecule is CN(C)C[C@@H](CN)[C@H](O)c1ccccc1. The topological polar surface area (TPSA) is 49.5 Å². The number of benzene rings is 1. The van der Waals surface area contributed by atoms with Crippen molar-refractivity contribution in [3.63, 3.8) is 0 Å². The van der Waals surface area contributed by atoms with Gasteiger partial charge in [0.1, 0.15) is 0 Å². The second-order valence-electron chi connectivity index (χ2n) is 4.11. The van der Waals surface area contributed by atoms with Gasteiger partial charge in [0.25, 0.3) is 0 Å². The summed E-state index contributed by atoms with van der Waals surface area (Å²) in [7, 11) is 3.97. The van der Waals surface area contributed by atoms with E-state index in [1.807, 2.05) is 49.3 Å². The van der Waals surface area contributed by atoms with E-state index in [-0.39, 0.29) is 5.92 Å². The van der Waals surface area contributed by atoms with Crippen molar-refractivity contribution in [3.05, 3.63) is 35.9 Å². The fourth-order valence-electron chi connectivity index (χ4n) is 1.69. The van der Waals surface area contributed by atoms with Crippen LogP contribution in [-0.2, 0) is 0 Å². The number of hydrogen-bond acceptors (Lipinski definition) is 3. The molecule has 1 rings (SSSR count). The summed E-state index contributed by atoms with van der Waals surface area (Å²) < 4.78 is 0. The van der Waals surface area contributed by atoms with Gasteiger partial charge >= 0.3 is 0 Å². The molecule has 0 saturated carbocycles. The Kier molecular flexibility index (Phi) is 4.75. The first-order chi connectivity index (χ1) is 7.15. The van der Waals surface area contributed by atoms with E-state index in [9.17, 15) is 5.11 Å². The van der Waals surface area contributed by atoms with Crippen LogP contribution < -0.4 is 5.73 Å². The average Bonchev–Trinajstić information content (AvgIpc) is 2.26. The Balaban J connectivity index is 2.69. The van der Waals surface area contributed by atoms with Crippen LogP contribution >= 0.6 is 0 Å². The Hall–Kier alpha value is -0.900. The first-order valence-electron chi connectivity index (χ1n) is 5.23. The van der Waals surface area contributed by atoms with Crippen LogP contribution in [0, 0.1) is 5.92 Å². The van der Waals surface area contributed by atoms with E-state index < -0.39 is 6.10 Å². The highest BCUT2D eigenvalue weighted by molar-refractivity contribution is 5.18. The number of aliphatic hydroxyl groups excluding tert-OH is 1. The van der Waals surface area contributed by atoms with Gasteiger partial charge in [-0.3, -0.25) is 0 Å². The lowest BCUT2D eigenvalue weighted by atomic mass is 9.95. The third-order valence-electron chi connectivity index (χ3n) is 2.49. The maximum Gasteiger partial charge on any atom is 0.0842 e. The lowest BCUT2D eigenvalue weighted by Gasteiger charge is -2.24. The van der Waals surface area contributed by atoms with Gasteiger partial charge in [-0.25, -0.2) is 0 Å². The van der Waals surface area contributed by atoms with E-state index in [2.05, 4.69) is 0 Å². The maximum atomic E-state index is 10.1. The summed E-state index contributed by atoms with van der Waals surface area (Å²) >= 11 is 0. The second kappa shape index (κ2) is 5.85. The van der Waals surface area contributed by atoms with Crippen molar-refractivity contribution in [2.75, 3.05) is 27.2 Å². The lowest BCUT2D eigenvalue weighted by molar-refractivity contribution is 0.0947. The standard InChI is InChI=1S/C12H20N2O/c1-14(2)9-11(8-13)12(15)10-6-4-3-5-7-10/h3-7,11-12,15H,8-9,13H2,1-2H3/t11-,12-/m1/s1. The van der Waals surface area contributed by atoms with Gasteiger partial charge in [0.05, 0.1) is 6.10 Å². The van der Waals surface area contributed by atoms with E-state index in [1.165, 1.54) is 0 Å². The van der Waals surface area contributed by atoms with Crippen LogP contribution in [-0.4, -0.2) is 37.2 Å². The summed E-state index contributed by atoms with van der Waals surface area (Å²) in [6, 6.07) is 9.68. The van der Waals surface area contributed by atoms with E-state index in [1.54, 1.807) is 0 Å². The van der Waals surface area contributed by atoms with Crippen molar-refractivity contribution in [2.45, 2.75) is 6.10 Å². The molecule has 2 atom stereocenters. The monoisotopic (exact) mass is 208 g/mol. The molecule has 3 nitrogen and oxygen atoms in total. The van der Waals surface area contributed by atoms with Gasteiger partial charge in [-0.15, -0.1) is 0 Å². The van der Waals surface area contributed by atoms with Crippen LogP contribution in [0.3, 0.4) is 0 Å². The van der Waals surface area contributed by atoms with Crippen molar-refractivity contribution in [1.29, 1.82) is 0 Å². The molecule has 1 aromatic carbocycles. The van der Waals surface area contributed by atoms with Crippen LogP contribution in [0.5, 0.6) is 0 Å². The zero-order chi connectivity index (χ0) is 11.3. The molecule has 0 fully saturated rings. The summed E-state index contributed by atoms with van der Waals surface area (Å²) in [6.45, 7) is 1.29. The van der Waals surface area contributed by atoms with Gasteiger partial charge in [0, 0.05) is 12.5 Å². The minimum atomic E-state index is -0.474. The molecular formula is C12H20N2O. The van der Waals surface area contributed by atoms with Crippen molar-refractivity contribution in [1.82, 2.24) is 4.90 Å². The number of hydrogen-bond donors (Lipinski definition) is 2. The van der Waals surface area contributed by atoms with Crippen molar-refractivity contribution in [2.24, 2.45) is 11.7 Å².